The molecule has 0 radical (unpaired) electrons. The summed E-state index contributed by atoms with van der Waals surface area (Å²) in [4.78, 5) is 23.9. The smallest absolute Gasteiger partial charge is 0.309 e. The first-order valence-electron chi connectivity index (χ1n) is 11.0. The van der Waals surface area contributed by atoms with E-state index >= 15 is 0 Å². The molecule has 1 fully saturated rings. The summed E-state index contributed by atoms with van der Waals surface area (Å²) >= 11 is 0. The number of rotatable bonds is 10. The van der Waals surface area contributed by atoms with E-state index in [1.165, 1.54) is 7.11 Å². The third-order valence-corrected chi connectivity index (χ3v) is 8.67. The summed E-state index contributed by atoms with van der Waals surface area (Å²) in [5.41, 5.74) is 1.95. The third-order valence-electron chi connectivity index (χ3n) is 6.28. The lowest BCUT2D eigenvalue weighted by Gasteiger charge is -2.31. The zero-order valence-electron chi connectivity index (χ0n) is 19.1. The van der Waals surface area contributed by atoms with Crippen LogP contribution in [0, 0.1) is 5.92 Å². The van der Waals surface area contributed by atoms with E-state index in [9.17, 15) is 18.0 Å². The number of carbonyl (C=O) groups excluding carboxylic acids is 2. The van der Waals surface area contributed by atoms with Crippen LogP contribution in [0.25, 0.3) is 0 Å². The van der Waals surface area contributed by atoms with Gasteiger partial charge in [0, 0.05) is 18.5 Å². The number of ether oxygens (including phenoxy) is 1. The second-order valence-corrected chi connectivity index (χ2v) is 11.2. The maximum atomic E-state index is 12.5. The van der Waals surface area contributed by atoms with Crippen LogP contribution in [0.4, 0.5) is 0 Å². The summed E-state index contributed by atoms with van der Waals surface area (Å²) in [5.74, 6) is -0.326. The Kier molecular flexibility index (Phi) is 9.06. The minimum atomic E-state index is -3.38. The number of benzene rings is 1. The van der Waals surface area contributed by atoms with Crippen molar-refractivity contribution >= 4 is 21.9 Å². The van der Waals surface area contributed by atoms with Gasteiger partial charge in [-0.25, -0.2) is 13.1 Å². The van der Waals surface area contributed by atoms with E-state index in [-0.39, 0.29) is 30.3 Å². The molecule has 0 bridgehead atoms. The SMILES string of the molecule is CCC(C)(C)S(=O)(=O)NC1CCC(C(=O)NCCc2cccc(CC(=O)OC)c2)CC1. The van der Waals surface area contributed by atoms with Crippen molar-refractivity contribution in [2.45, 2.75) is 76.5 Å². The van der Waals surface area contributed by atoms with Gasteiger partial charge in [-0.3, -0.25) is 9.59 Å². The van der Waals surface area contributed by atoms with Crippen molar-refractivity contribution in [2.75, 3.05) is 13.7 Å². The molecule has 174 valence electrons. The number of amides is 1. The minimum absolute atomic E-state index is 0.0286. The molecule has 0 spiro atoms. The normalized spacial score (nSPS) is 19.6. The van der Waals surface area contributed by atoms with Crippen molar-refractivity contribution in [3.8, 4) is 0 Å². The molecule has 1 saturated carbocycles. The zero-order valence-corrected chi connectivity index (χ0v) is 19.9. The van der Waals surface area contributed by atoms with Crippen LogP contribution in [-0.2, 0) is 37.2 Å². The molecule has 1 aliphatic rings. The highest BCUT2D eigenvalue weighted by Gasteiger charge is 2.36. The van der Waals surface area contributed by atoms with Crippen LogP contribution in [0.3, 0.4) is 0 Å². The van der Waals surface area contributed by atoms with Crippen LogP contribution in [0.2, 0.25) is 0 Å². The largest absolute Gasteiger partial charge is 0.469 e. The fourth-order valence-electron chi connectivity index (χ4n) is 3.65. The molecule has 0 aromatic heterocycles. The fraction of sp³-hybridized carbons (Fsp3) is 0.652. The number of carbonyl (C=O) groups is 2. The Morgan fingerprint density at radius 1 is 1.13 bits per heavy atom. The lowest BCUT2D eigenvalue weighted by atomic mass is 9.86. The molecule has 0 saturated heterocycles. The van der Waals surface area contributed by atoms with Gasteiger partial charge in [0.25, 0.3) is 0 Å². The maximum Gasteiger partial charge on any atom is 0.309 e. The van der Waals surface area contributed by atoms with Crippen LogP contribution >= 0.6 is 0 Å². The van der Waals surface area contributed by atoms with E-state index < -0.39 is 14.8 Å². The summed E-state index contributed by atoms with van der Waals surface area (Å²) in [5, 5.41) is 3.00. The summed E-state index contributed by atoms with van der Waals surface area (Å²) in [6, 6.07) is 7.61. The molecule has 1 aromatic rings. The first-order chi connectivity index (χ1) is 14.6. The Bertz CT molecular complexity index is 858. The Labute approximate surface area is 186 Å². The molecular formula is C23H36N2O5S. The van der Waals surface area contributed by atoms with E-state index in [0.29, 0.717) is 45.1 Å². The molecule has 8 heteroatoms. The number of hydrogen-bond donors (Lipinski definition) is 2. The van der Waals surface area contributed by atoms with E-state index in [2.05, 4.69) is 10.0 Å². The lowest BCUT2D eigenvalue weighted by Crippen LogP contribution is -2.47. The predicted octanol–water partition coefficient (Wildman–Crippen LogP) is 2.73. The van der Waals surface area contributed by atoms with Gasteiger partial charge in [-0.1, -0.05) is 31.2 Å². The molecule has 2 N–H and O–H groups in total. The molecule has 1 aromatic carbocycles. The molecule has 1 amide bonds. The van der Waals surface area contributed by atoms with E-state index in [1.54, 1.807) is 13.8 Å². The topological polar surface area (TPSA) is 102 Å². The van der Waals surface area contributed by atoms with Crippen molar-refractivity contribution in [3.63, 3.8) is 0 Å². The summed E-state index contributed by atoms with van der Waals surface area (Å²) < 4.78 is 31.8. The molecule has 0 heterocycles. The molecule has 2 rings (SSSR count). The quantitative estimate of drug-likeness (QED) is 0.532. The van der Waals surface area contributed by atoms with Crippen molar-refractivity contribution < 1.29 is 22.7 Å². The first-order valence-corrected chi connectivity index (χ1v) is 12.5. The van der Waals surface area contributed by atoms with Gasteiger partial charge in [0.15, 0.2) is 0 Å². The van der Waals surface area contributed by atoms with Crippen LogP contribution < -0.4 is 10.0 Å². The number of sulfonamides is 1. The minimum Gasteiger partial charge on any atom is -0.469 e. The van der Waals surface area contributed by atoms with Crippen molar-refractivity contribution in [2.24, 2.45) is 5.92 Å². The van der Waals surface area contributed by atoms with E-state index in [1.807, 2.05) is 31.2 Å². The van der Waals surface area contributed by atoms with Crippen LogP contribution in [0.5, 0.6) is 0 Å². The van der Waals surface area contributed by atoms with Crippen LogP contribution in [0.15, 0.2) is 24.3 Å². The van der Waals surface area contributed by atoms with Gasteiger partial charge in [0.1, 0.15) is 0 Å². The Balaban J connectivity index is 1.76. The fourth-order valence-corrected chi connectivity index (χ4v) is 5.02. The Hall–Kier alpha value is -1.93. The first kappa shape index (κ1) is 25.3. The van der Waals surface area contributed by atoms with Gasteiger partial charge in [0.2, 0.25) is 15.9 Å². The second kappa shape index (κ2) is 11.1. The Morgan fingerprint density at radius 2 is 1.77 bits per heavy atom. The average molecular weight is 453 g/mol. The molecular weight excluding hydrogens is 416 g/mol. The van der Waals surface area contributed by atoms with Gasteiger partial charge in [0.05, 0.1) is 18.3 Å². The van der Waals surface area contributed by atoms with Gasteiger partial charge in [-0.15, -0.1) is 0 Å². The lowest BCUT2D eigenvalue weighted by molar-refractivity contribution is -0.139. The highest BCUT2D eigenvalue weighted by Crippen LogP contribution is 2.27. The van der Waals surface area contributed by atoms with E-state index in [0.717, 1.165) is 11.1 Å². The van der Waals surface area contributed by atoms with Crippen LogP contribution in [0.1, 0.15) is 64.0 Å². The maximum absolute atomic E-state index is 12.5. The molecule has 31 heavy (non-hydrogen) atoms. The van der Waals surface area contributed by atoms with Gasteiger partial charge < -0.3 is 10.1 Å². The molecule has 0 unspecified atom stereocenters. The van der Waals surface area contributed by atoms with E-state index in [4.69, 9.17) is 4.74 Å². The number of esters is 1. The van der Waals surface area contributed by atoms with Gasteiger partial charge in [-0.2, -0.15) is 0 Å². The highest BCUT2D eigenvalue weighted by atomic mass is 32.2. The molecule has 1 aliphatic carbocycles. The molecule has 7 nitrogen and oxygen atoms in total. The second-order valence-electron chi connectivity index (χ2n) is 8.90. The number of nitrogens with one attached hydrogen (secondary N) is 2. The molecule has 0 aliphatic heterocycles. The average Bonchev–Trinajstić information content (AvgIpc) is 2.74. The zero-order chi connectivity index (χ0) is 23.1. The number of methoxy groups -OCH3 is 1. The van der Waals surface area contributed by atoms with Crippen molar-refractivity contribution in [1.82, 2.24) is 10.0 Å². The Morgan fingerprint density at radius 3 is 2.39 bits per heavy atom. The summed E-state index contributed by atoms with van der Waals surface area (Å²) in [7, 11) is -2.01. The van der Waals surface area contributed by atoms with Gasteiger partial charge in [-0.05, 0) is 63.5 Å². The van der Waals surface area contributed by atoms with Crippen LogP contribution in [-0.4, -0.2) is 44.7 Å². The monoisotopic (exact) mass is 452 g/mol. The van der Waals surface area contributed by atoms with Crippen molar-refractivity contribution in [3.05, 3.63) is 35.4 Å². The predicted molar refractivity (Wildman–Crippen MR) is 121 cm³/mol. The third kappa shape index (κ3) is 7.31. The molecule has 0 atom stereocenters. The highest BCUT2D eigenvalue weighted by molar-refractivity contribution is 7.90. The van der Waals surface area contributed by atoms with Crippen molar-refractivity contribution in [1.29, 1.82) is 0 Å². The standard InChI is InChI=1S/C23H36N2O5S/c1-5-23(2,3)31(28,29)25-20-11-9-19(10-12-20)22(27)24-14-13-17-7-6-8-18(15-17)16-21(26)30-4/h6-8,15,19-20,25H,5,9-14,16H2,1-4H3,(H,24,27). The number of hydrogen-bond acceptors (Lipinski definition) is 5. The summed E-state index contributed by atoms with van der Waals surface area (Å²) in [6.07, 6.45) is 4.17. The summed E-state index contributed by atoms with van der Waals surface area (Å²) in [6.45, 7) is 5.87. The van der Waals surface area contributed by atoms with Gasteiger partial charge >= 0.3 is 5.97 Å².